The summed E-state index contributed by atoms with van der Waals surface area (Å²) in [5.41, 5.74) is 0. The van der Waals surface area contributed by atoms with Gasteiger partial charge in [0.1, 0.15) is 13.2 Å². The molecule has 0 fully saturated rings. The first-order valence-electron chi connectivity index (χ1n) is 27.8. The number of likely N-dealkylation sites (N-methyl/N-ethyl adjacent to an activating group) is 1. The third kappa shape index (κ3) is 52.1. The van der Waals surface area contributed by atoms with Crippen molar-refractivity contribution in [1.82, 2.24) is 0 Å². The standard InChI is InChI=1S/C60H103NO8/c1-6-8-10-12-14-16-18-20-22-24-26-27-28-29-30-31-33-35-37-39-41-43-45-47-49-51-58(63)69-56(55-68-60(59(64)65)66-53-52-61(3,4)5)54-67-57(62)50-48-46-44-42-40-38-36-34-32-25-23-21-19-17-15-13-11-9-7-2/h8,10,14,16,20,22,26-27,29-30,33,35,39,41,56,60H,6-7,9,11-13,15,17-19,21,23-25,28,31-32,34,36-38,40,42-55H2,1-5H3/p+1/b10-8-,16-14-,22-20-,27-26-,30-29-,35-33-,41-39-. The number of nitrogens with zero attached hydrogens (tertiary/aromatic N) is 1. The van der Waals surface area contributed by atoms with E-state index < -0.39 is 24.3 Å². The minimum absolute atomic E-state index is 0.178. The maximum Gasteiger partial charge on any atom is 0.361 e. The van der Waals surface area contributed by atoms with Crippen LogP contribution in [0.3, 0.4) is 0 Å². The Morgan fingerprint density at radius 2 is 0.826 bits per heavy atom. The zero-order valence-electron chi connectivity index (χ0n) is 44.9. The number of esters is 2. The number of hydrogen-bond acceptors (Lipinski definition) is 7. The number of carboxylic acid groups (broad SMARTS) is 1. The van der Waals surface area contributed by atoms with E-state index in [2.05, 4.69) is 98.9 Å². The first-order valence-corrected chi connectivity index (χ1v) is 27.8. The molecule has 0 amide bonds. The Morgan fingerprint density at radius 3 is 1.23 bits per heavy atom. The molecule has 0 aliphatic heterocycles. The Hall–Kier alpha value is -3.53. The van der Waals surface area contributed by atoms with Gasteiger partial charge >= 0.3 is 17.9 Å². The molecule has 69 heavy (non-hydrogen) atoms. The molecule has 0 spiro atoms. The second kappa shape index (κ2) is 50.8. The lowest BCUT2D eigenvalue weighted by Crippen LogP contribution is -2.40. The maximum absolute atomic E-state index is 12.8. The van der Waals surface area contributed by atoms with Gasteiger partial charge in [0.25, 0.3) is 6.29 Å². The average molecular weight is 967 g/mol. The number of hydrogen-bond donors (Lipinski definition) is 1. The molecule has 0 saturated carbocycles. The number of aliphatic carboxylic acids is 1. The third-order valence-electron chi connectivity index (χ3n) is 11.7. The second-order valence-electron chi connectivity index (χ2n) is 19.5. The molecular weight excluding hydrogens is 863 g/mol. The monoisotopic (exact) mass is 967 g/mol. The molecule has 9 nitrogen and oxygen atoms in total. The van der Waals surface area contributed by atoms with Crippen molar-refractivity contribution < 1.29 is 42.9 Å². The fourth-order valence-electron chi connectivity index (χ4n) is 7.40. The number of quaternary nitrogens is 1. The number of allylic oxidation sites excluding steroid dienone is 14. The maximum atomic E-state index is 12.8. The van der Waals surface area contributed by atoms with Crippen LogP contribution in [0.4, 0.5) is 0 Å². The van der Waals surface area contributed by atoms with E-state index in [0.717, 1.165) is 83.5 Å². The topological polar surface area (TPSA) is 108 Å². The molecular formula is C60H104NO8+. The first kappa shape index (κ1) is 65.5. The molecule has 0 aliphatic rings. The van der Waals surface area contributed by atoms with Crippen LogP contribution in [-0.4, -0.2) is 87.4 Å². The van der Waals surface area contributed by atoms with E-state index in [9.17, 15) is 19.5 Å². The lowest BCUT2D eigenvalue weighted by atomic mass is 10.0. The lowest BCUT2D eigenvalue weighted by Gasteiger charge is -2.25. The summed E-state index contributed by atoms with van der Waals surface area (Å²) >= 11 is 0. The zero-order valence-corrected chi connectivity index (χ0v) is 44.9. The fraction of sp³-hybridized carbons (Fsp3) is 0.717. The van der Waals surface area contributed by atoms with Gasteiger partial charge < -0.3 is 28.5 Å². The molecule has 0 bridgehead atoms. The molecule has 2 unspecified atom stereocenters. The Labute approximate surface area is 423 Å². The normalized spacial score (nSPS) is 13.5. The Kier molecular flexibility index (Phi) is 48.2. The van der Waals surface area contributed by atoms with Gasteiger partial charge in [0.15, 0.2) is 6.10 Å². The van der Waals surface area contributed by atoms with E-state index in [-0.39, 0.29) is 32.2 Å². The molecule has 0 aromatic rings. The molecule has 0 aromatic carbocycles. The van der Waals surface area contributed by atoms with Crippen LogP contribution in [0.5, 0.6) is 0 Å². The van der Waals surface area contributed by atoms with Gasteiger partial charge in [-0.25, -0.2) is 4.79 Å². The van der Waals surface area contributed by atoms with E-state index >= 15 is 0 Å². The fourth-order valence-corrected chi connectivity index (χ4v) is 7.40. The van der Waals surface area contributed by atoms with E-state index in [0.29, 0.717) is 23.9 Å². The summed E-state index contributed by atoms with van der Waals surface area (Å²) in [6, 6.07) is 0. The third-order valence-corrected chi connectivity index (χ3v) is 11.7. The van der Waals surface area contributed by atoms with Crippen molar-refractivity contribution in [3.63, 3.8) is 0 Å². The van der Waals surface area contributed by atoms with Gasteiger partial charge in [-0.15, -0.1) is 0 Å². The highest BCUT2D eigenvalue weighted by Crippen LogP contribution is 2.16. The van der Waals surface area contributed by atoms with Gasteiger partial charge in [0.05, 0.1) is 34.4 Å². The zero-order chi connectivity index (χ0) is 50.6. The molecule has 0 heterocycles. The predicted molar refractivity (Wildman–Crippen MR) is 290 cm³/mol. The van der Waals surface area contributed by atoms with E-state index in [4.69, 9.17) is 18.9 Å². The van der Waals surface area contributed by atoms with E-state index in [1.165, 1.54) is 103 Å². The van der Waals surface area contributed by atoms with Gasteiger partial charge in [0.2, 0.25) is 0 Å². The Bertz CT molecular complexity index is 1400. The van der Waals surface area contributed by atoms with Gasteiger partial charge in [-0.3, -0.25) is 9.59 Å². The molecule has 0 saturated heterocycles. The minimum atomic E-state index is -1.52. The van der Waals surface area contributed by atoms with Crippen LogP contribution in [0.2, 0.25) is 0 Å². The summed E-state index contributed by atoms with van der Waals surface area (Å²) in [4.78, 5) is 37.4. The summed E-state index contributed by atoms with van der Waals surface area (Å²) < 4.78 is 22.8. The van der Waals surface area contributed by atoms with Crippen LogP contribution in [0.1, 0.15) is 219 Å². The number of carbonyl (C=O) groups is 3. The lowest BCUT2D eigenvalue weighted by molar-refractivity contribution is -0.870. The van der Waals surface area contributed by atoms with Crippen molar-refractivity contribution >= 4 is 17.9 Å². The largest absolute Gasteiger partial charge is 0.477 e. The molecule has 396 valence electrons. The van der Waals surface area contributed by atoms with Gasteiger partial charge in [-0.05, 0) is 70.6 Å². The SMILES string of the molecule is CC/C=C\C/C=C\C/C=C\C/C=C\C/C=C\C/C=C\C/C=C\CCCCCC(=O)OC(COC(=O)CCCCCCCCCCCCCCCCCCCCC)COC(OCC[N+](C)(C)C)C(=O)O. The van der Waals surface area contributed by atoms with Crippen molar-refractivity contribution in [2.45, 2.75) is 232 Å². The van der Waals surface area contributed by atoms with Crippen LogP contribution in [0.25, 0.3) is 0 Å². The Balaban J connectivity index is 4.38. The van der Waals surface area contributed by atoms with Crippen molar-refractivity contribution in [2.24, 2.45) is 0 Å². The van der Waals surface area contributed by atoms with Gasteiger partial charge in [-0.2, -0.15) is 0 Å². The molecule has 0 rings (SSSR count). The molecule has 0 radical (unpaired) electrons. The van der Waals surface area contributed by atoms with Crippen molar-refractivity contribution in [3.05, 3.63) is 85.1 Å². The molecule has 9 heteroatoms. The Morgan fingerprint density at radius 1 is 0.449 bits per heavy atom. The van der Waals surface area contributed by atoms with Gasteiger partial charge in [0, 0.05) is 12.8 Å². The number of ether oxygens (including phenoxy) is 4. The summed E-state index contributed by atoms with van der Waals surface area (Å²) in [6.45, 7) is 4.73. The number of carbonyl (C=O) groups excluding carboxylic acids is 2. The highest BCUT2D eigenvalue weighted by atomic mass is 16.7. The van der Waals surface area contributed by atoms with Crippen molar-refractivity contribution in [2.75, 3.05) is 47.5 Å². The van der Waals surface area contributed by atoms with Crippen LogP contribution in [0, 0.1) is 0 Å². The van der Waals surface area contributed by atoms with Crippen LogP contribution in [0.15, 0.2) is 85.1 Å². The number of carboxylic acids is 1. The van der Waals surface area contributed by atoms with Crippen LogP contribution < -0.4 is 0 Å². The molecule has 2 atom stereocenters. The minimum Gasteiger partial charge on any atom is -0.477 e. The quantitative estimate of drug-likeness (QED) is 0.0211. The molecule has 0 aliphatic carbocycles. The predicted octanol–water partition coefficient (Wildman–Crippen LogP) is 16.0. The highest BCUT2D eigenvalue weighted by Gasteiger charge is 2.25. The van der Waals surface area contributed by atoms with E-state index in [1.807, 2.05) is 21.1 Å². The van der Waals surface area contributed by atoms with Crippen LogP contribution in [-0.2, 0) is 33.3 Å². The van der Waals surface area contributed by atoms with Gasteiger partial charge in [-0.1, -0.05) is 221 Å². The van der Waals surface area contributed by atoms with Crippen molar-refractivity contribution in [1.29, 1.82) is 0 Å². The summed E-state index contributed by atoms with van der Waals surface area (Å²) in [5, 5.41) is 9.69. The summed E-state index contributed by atoms with van der Waals surface area (Å²) in [6.07, 6.45) is 63.7. The molecule has 0 aromatic heterocycles. The molecule has 1 N–H and O–H groups in total. The van der Waals surface area contributed by atoms with Crippen LogP contribution >= 0.6 is 0 Å². The summed E-state index contributed by atoms with van der Waals surface area (Å²) in [5.74, 6) is -2.05. The summed E-state index contributed by atoms with van der Waals surface area (Å²) in [7, 11) is 5.95. The first-order chi connectivity index (χ1) is 33.6. The highest BCUT2D eigenvalue weighted by molar-refractivity contribution is 5.71. The number of unbranched alkanes of at least 4 members (excludes halogenated alkanes) is 21. The smallest absolute Gasteiger partial charge is 0.361 e. The average Bonchev–Trinajstić information content (AvgIpc) is 3.31. The van der Waals surface area contributed by atoms with E-state index in [1.54, 1.807) is 0 Å². The van der Waals surface area contributed by atoms with Crippen molar-refractivity contribution in [3.8, 4) is 0 Å². The number of rotatable bonds is 50. The second-order valence-corrected chi connectivity index (χ2v) is 19.5.